The lowest BCUT2D eigenvalue weighted by Gasteiger charge is -2.26. The Morgan fingerprint density at radius 3 is 2.79 bits per heavy atom. The standard InChI is InChI=1S/C15H26N4/c1-18-15-13(7-3-4-9-16-15)14(17-18)8-12-19-10-5-2-6-11-19/h16H,2-12H2,1H3. The summed E-state index contributed by atoms with van der Waals surface area (Å²) in [6.45, 7) is 4.85. The number of nitrogens with one attached hydrogen (secondary N) is 1. The first-order valence-electron chi connectivity index (χ1n) is 7.85. The fourth-order valence-electron chi connectivity index (χ4n) is 3.39. The van der Waals surface area contributed by atoms with Gasteiger partial charge in [0, 0.05) is 32.1 Å². The minimum absolute atomic E-state index is 1.10. The van der Waals surface area contributed by atoms with Crippen molar-refractivity contribution < 1.29 is 0 Å². The highest BCUT2D eigenvalue weighted by Crippen LogP contribution is 2.25. The van der Waals surface area contributed by atoms with E-state index in [4.69, 9.17) is 5.10 Å². The minimum atomic E-state index is 1.10. The van der Waals surface area contributed by atoms with E-state index in [2.05, 4.69) is 17.3 Å². The van der Waals surface area contributed by atoms with E-state index in [1.54, 1.807) is 0 Å². The fourth-order valence-corrected chi connectivity index (χ4v) is 3.39. The number of likely N-dealkylation sites (tertiary alicyclic amines) is 1. The smallest absolute Gasteiger partial charge is 0.127 e. The summed E-state index contributed by atoms with van der Waals surface area (Å²) < 4.78 is 2.05. The van der Waals surface area contributed by atoms with Crippen LogP contribution in [0.15, 0.2) is 0 Å². The number of anilines is 1. The van der Waals surface area contributed by atoms with Gasteiger partial charge in [0.15, 0.2) is 0 Å². The second-order valence-corrected chi connectivity index (χ2v) is 5.93. The van der Waals surface area contributed by atoms with E-state index in [0.29, 0.717) is 0 Å². The maximum Gasteiger partial charge on any atom is 0.127 e. The molecule has 1 aromatic heterocycles. The highest BCUT2D eigenvalue weighted by atomic mass is 15.3. The molecule has 0 radical (unpaired) electrons. The highest BCUT2D eigenvalue weighted by Gasteiger charge is 2.19. The zero-order valence-electron chi connectivity index (χ0n) is 12.1. The van der Waals surface area contributed by atoms with Gasteiger partial charge in [-0.2, -0.15) is 5.10 Å². The van der Waals surface area contributed by atoms with Crippen LogP contribution >= 0.6 is 0 Å². The number of rotatable bonds is 3. The zero-order valence-corrected chi connectivity index (χ0v) is 12.1. The van der Waals surface area contributed by atoms with Crippen molar-refractivity contribution in [2.45, 2.75) is 44.9 Å². The van der Waals surface area contributed by atoms with Crippen LogP contribution in [0.25, 0.3) is 0 Å². The van der Waals surface area contributed by atoms with Gasteiger partial charge < -0.3 is 10.2 Å². The molecule has 0 spiro atoms. The summed E-state index contributed by atoms with van der Waals surface area (Å²) in [5, 5.41) is 8.28. The molecule has 0 amide bonds. The second kappa shape index (κ2) is 5.95. The SMILES string of the molecule is Cn1nc(CCN2CCCCC2)c2c1NCCCC2. The Morgan fingerprint density at radius 2 is 1.95 bits per heavy atom. The van der Waals surface area contributed by atoms with Crippen molar-refractivity contribution in [2.24, 2.45) is 7.05 Å². The Kier molecular flexibility index (Phi) is 4.06. The number of fused-ring (bicyclic) bond motifs is 1. The van der Waals surface area contributed by atoms with Gasteiger partial charge in [-0.25, -0.2) is 0 Å². The monoisotopic (exact) mass is 262 g/mol. The van der Waals surface area contributed by atoms with Crippen LogP contribution in [-0.2, 0) is 19.9 Å². The number of piperidine rings is 1. The lowest BCUT2D eigenvalue weighted by Crippen LogP contribution is -2.31. The number of aromatic nitrogens is 2. The first-order chi connectivity index (χ1) is 9.34. The third-order valence-electron chi connectivity index (χ3n) is 4.49. The largest absolute Gasteiger partial charge is 0.370 e. The summed E-state index contributed by atoms with van der Waals surface area (Å²) in [6.07, 6.45) is 9.06. The number of nitrogens with zero attached hydrogens (tertiary/aromatic N) is 3. The summed E-state index contributed by atoms with van der Waals surface area (Å²) in [7, 11) is 2.07. The molecule has 3 heterocycles. The molecule has 1 aromatic rings. The van der Waals surface area contributed by atoms with E-state index in [1.165, 1.54) is 75.2 Å². The van der Waals surface area contributed by atoms with Crippen molar-refractivity contribution in [3.63, 3.8) is 0 Å². The average molecular weight is 262 g/mol. The van der Waals surface area contributed by atoms with E-state index in [0.717, 1.165) is 13.0 Å². The lowest BCUT2D eigenvalue weighted by atomic mass is 10.1. The van der Waals surface area contributed by atoms with Gasteiger partial charge in [0.25, 0.3) is 0 Å². The van der Waals surface area contributed by atoms with Gasteiger partial charge in [-0.3, -0.25) is 4.68 Å². The van der Waals surface area contributed by atoms with Crippen LogP contribution in [-0.4, -0.2) is 40.9 Å². The van der Waals surface area contributed by atoms with Gasteiger partial charge in [-0.1, -0.05) is 6.42 Å². The fraction of sp³-hybridized carbons (Fsp3) is 0.800. The molecule has 1 fully saturated rings. The molecular weight excluding hydrogens is 236 g/mol. The molecule has 2 aliphatic rings. The Bertz CT molecular complexity index is 418. The van der Waals surface area contributed by atoms with Crippen LogP contribution in [0.4, 0.5) is 5.82 Å². The van der Waals surface area contributed by atoms with Gasteiger partial charge >= 0.3 is 0 Å². The second-order valence-electron chi connectivity index (χ2n) is 5.93. The summed E-state index contributed by atoms with van der Waals surface area (Å²) >= 11 is 0. The van der Waals surface area contributed by atoms with Crippen LogP contribution in [0.5, 0.6) is 0 Å². The van der Waals surface area contributed by atoms with Crippen molar-refractivity contribution in [3.05, 3.63) is 11.3 Å². The number of hydrogen-bond acceptors (Lipinski definition) is 3. The molecule has 0 saturated carbocycles. The molecule has 0 atom stereocenters. The molecule has 0 unspecified atom stereocenters. The molecule has 106 valence electrons. The average Bonchev–Trinajstić information content (AvgIpc) is 2.64. The molecular formula is C15H26N4. The van der Waals surface area contributed by atoms with Crippen LogP contribution in [0.2, 0.25) is 0 Å². The Hall–Kier alpha value is -1.03. The van der Waals surface area contributed by atoms with Gasteiger partial charge in [0.2, 0.25) is 0 Å². The summed E-state index contributed by atoms with van der Waals surface area (Å²) in [5.41, 5.74) is 2.81. The molecule has 3 rings (SSSR count). The van der Waals surface area contributed by atoms with Crippen molar-refractivity contribution in [1.82, 2.24) is 14.7 Å². The van der Waals surface area contributed by atoms with Gasteiger partial charge in [-0.15, -0.1) is 0 Å². The van der Waals surface area contributed by atoms with Gasteiger partial charge in [0.05, 0.1) is 5.69 Å². The van der Waals surface area contributed by atoms with E-state index < -0.39 is 0 Å². The van der Waals surface area contributed by atoms with E-state index in [9.17, 15) is 0 Å². The molecule has 0 bridgehead atoms. The number of hydrogen-bond donors (Lipinski definition) is 1. The van der Waals surface area contributed by atoms with E-state index in [1.807, 2.05) is 4.68 Å². The highest BCUT2D eigenvalue weighted by molar-refractivity contribution is 5.48. The summed E-state index contributed by atoms with van der Waals surface area (Å²) in [6, 6.07) is 0. The van der Waals surface area contributed by atoms with E-state index >= 15 is 0 Å². The quantitative estimate of drug-likeness (QED) is 0.906. The van der Waals surface area contributed by atoms with Crippen LogP contribution in [0, 0.1) is 0 Å². The molecule has 4 heteroatoms. The predicted molar refractivity (Wildman–Crippen MR) is 78.6 cm³/mol. The van der Waals surface area contributed by atoms with E-state index in [-0.39, 0.29) is 0 Å². The van der Waals surface area contributed by atoms with Crippen LogP contribution < -0.4 is 5.32 Å². The Morgan fingerprint density at radius 1 is 1.11 bits per heavy atom. The molecule has 1 saturated heterocycles. The third-order valence-corrected chi connectivity index (χ3v) is 4.49. The van der Waals surface area contributed by atoms with Crippen LogP contribution in [0.1, 0.15) is 43.4 Å². The lowest BCUT2D eigenvalue weighted by molar-refractivity contribution is 0.230. The van der Waals surface area contributed by atoms with Crippen LogP contribution in [0.3, 0.4) is 0 Å². The summed E-state index contributed by atoms with van der Waals surface area (Å²) in [5.74, 6) is 1.27. The third kappa shape index (κ3) is 2.94. The van der Waals surface area contributed by atoms with Crippen molar-refractivity contribution in [3.8, 4) is 0 Å². The maximum atomic E-state index is 4.75. The first-order valence-corrected chi connectivity index (χ1v) is 7.85. The first kappa shape index (κ1) is 13.0. The Balaban J connectivity index is 1.67. The van der Waals surface area contributed by atoms with Crippen molar-refractivity contribution in [2.75, 3.05) is 31.5 Å². The Labute approximate surface area is 116 Å². The van der Waals surface area contributed by atoms with Gasteiger partial charge in [-0.05, 0) is 45.2 Å². The molecule has 19 heavy (non-hydrogen) atoms. The normalized spacial score (nSPS) is 20.7. The minimum Gasteiger partial charge on any atom is -0.370 e. The molecule has 4 nitrogen and oxygen atoms in total. The molecule has 0 aromatic carbocycles. The topological polar surface area (TPSA) is 33.1 Å². The zero-order chi connectivity index (χ0) is 13.1. The summed E-state index contributed by atoms with van der Waals surface area (Å²) in [4.78, 5) is 2.61. The predicted octanol–water partition coefficient (Wildman–Crippen LogP) is 2.20. The van der Waals surface area contributed by atoms with Crippen molar-refractivity contribution in [1.29, 1.82) is 0 Å². The van der Waals surface area contributed by atoms with Crippen molar-refractivity contribution >= 4 is 5.82 Å². The molecule has 0 aliphatic carbocycles. The maximum absolute atomic E-state index is 4.75. The number of aryl methyl sites for hydroxylation is 1. The molecule has 1 N–H and O–H groups in total. The molecule has 2 aliphatic heterocycles. The van der Waals surface area contributed by atoms with Gasteiger partial charge in [0.1, 0.15) is 5.82 Å².